The lowest BCUT2D eigenvalue weighted by atomic mass is 9.98. The van der Waals surface area contributed by atoms with Crippen LogP contribution < -0.4 is 5.32 Å². The van der Waals surface area contributed by atoms with Crippen LogP contribution in [-0.2, 0) is 14.6 Å². The number of hydrogen-bond acceptors (Lipinski definition) is 3. The third-order valence-electron chi connectivity index (χ3n) is 5.27. The topological polar surface area (TPSA) is 71.1 Å². The number of aryl methyl sites for hydroxylation is 1. The largest absolute Gasteiger partial charge is 0.337 e. The van der Waals surface area contributed by atoms with Crippen molar-refractivity contribution in [3.8, 4) is 0 Å². The Morgan fingerprint density at radius 1 is 1.11 bits per heavy atom. The second-order valence-corrected chi connectivity index (χ2v) is 9.53. The van der Waals surface area contributed by atoms with Crippen molar-refractivity contribution in [2.24, 2.45) is 0 Å². The quantitative estimate of drug-likeness (QED) is 0.812. The van der Waals surface area contributed by atoms with E-state index in [4.69, 9.17) is 0 Å². The predicted octanol–water partition coefficient (Wildman–Crippen LogP) is 1.29. The summed E-state index contributed by atoms with van der Waals surface area (Å²) in [4.78, 5) is 14.3. The van der Waals surface area contributed by atoms with E-state index < -0.39 is 9.84 Å². The summed E-state index contributed by atoms with van der Waals surface area (Å²) in [5.74, 6) is 0.217. The van der Waals surface area contributed by atoms with Gasteiger partial charge in [-0.25, -0.2) is 8.42 Å². The van der Waals surface area contributed by atoms with E-state index >= 15 is 0 Å². The first-order chi connectivity index (χ1) is 12.9. The van der Waals surface area contributed by atoms with Gasteiger partial charge in [-0.2, -0.15) is 0 Å². The fraction of sp³-hybridized carbons (Fsp3) is 0.381. The van der Waals surface area contributed by atoms with Gasteiger partial charge in [-0.1, -0.05) is 60.2 Å². The van der Waals surface area contributed by atoms with Crippen LogP contribution in [-0.4, -0.2) is 50.4 Å². The average Bonchev–Trinajstić information content (AvgIpc) is 3.03. The lowest BCUT2D eigenvalue weighted by Crippen LogP contribution is -2.87. The Morgan fingerprint density at radius 3 is 2.33 bits per heavy atom. The Hall–Kier alpha value is -2.18. The Labute approximate surface area is 161 Å². The maximum absolute atomic E-state index is 12.7. The van der Waals surface area contributed by atoms with Crippen LogP contribution in [0.4, 0.5) is 0 Å². The summed E-state index contributed by atoms with van der Waals surface area (Å²) in [7, 11) is -1.29. The second-order valence-electron chi connectivity index (χ2n) is 7.30. The molecule has 1 heterocycles. The Morgan fingerprint density at radius 2 is 1.74 bits per heavy atom. The molecule has 2 atom stereocenters. The average molecular weight is 388 g/mol. The van der Waals surface area contributed by atoms with Gasteiger partial charge in [0.25, 0.3) is 5.91 Å². The summed E-state index contributed by atoms with van der Waals surface area (Å²) in [6.45, 7) is 2.33. The molecule has 2 aromatic carbocycles. The molecule has 2 N–H and O–H groups in total. The normalized spacial score (nSPS) is 19.6. The number of nitrogens with zero attached hydrogens (tertiary/aromatic N) is 1. The van der Waals surface area contributed by atoms with Crippen molar-refractivity contribution in [3.63, 3.8) is 0 Å². The molecule has 27 heavy (non-hydrogen) atoms. The second kappa shape index (κ2) is 8.23. The summed E-state index contributed by atoms with van der Waals surface area (Å²) in [6.07, 6.45) is 0.532. The highest BCUT2D eigenvalue weighted by Gasteiger charge is 2.33. The molecule has 1 fully saturated rings. The number of amides is 1. The molecule has 144 valence electrons. The molecular formula is C21H27N2O3S+. The SMILES string of the molecule is Cc1ccc([C@H]([NH2+]CC(=O)N(C)[C@H]2CCS(=O)(=O)C2)c2ccccc2)cc1. The van der Waals surface area contributed by atoms with E-state index in [-0.39, 0.29) is 36.0 Å². The van der Waals surface area contributed by atoms with Crippen LogP contribution in [0.15, 0.2) is 54.6 Å². The zero-order chi connectivity index (χ0) is 19.4. The molecule has 6 heteroatoms. The molecule has 0 saturated carbocycles. The lowest BCUT2D eigenvalue weighted by Gasteiger charge is -2.24. The first kappa shape index (κ1) is 19.6. The zero-order valence-corrected chi connectivity index (χ0v) is 16.7. The van der Waals surface area contributed by atoms with Crippen LogP contribution in [0.3, 0.4) is 0 Å². The molecule has 0 spiro atoms. The maximum Gasteiger partial charge on any atom is 0.277 e. The third kappa shape index (κ3) is 4.96. The number of benzene rings is 2. The van der Waals surface area contributed by atoms with Gasteiger partial charge in [0.1, 0.15) is 6.04 Å². The van der Waals surface area contributed by atoms with Gasteiger partial charge < -0.3 is 10.2 Å². The fourth-order valence-corrected chi connectivity index (χ4v) is 5.32. The number of hydrogen-bond donors (Lipinski definition) is 1. The molecule has 1 aliphatic rings. The summed E-state index contributed by atoms with van der Waals surface area (Å²) in [6, 6.07) is 18.3. The highest BCUT2D eigenvalue weighted by molar-refractivity contribution is 7.91. The Balaban J connectivity index is 1.71. The lowest BCUT2D eigenvalue weighted by molar-refractivity contribution is -0.677. The molecule has 0 aromatic heterocycles. The summed E-state index contributed by atoms with van der Waals surface area (Å²) < 4.78 is 23.4. The summed E-state index contributed by atoms with van der Waals surface area (Å²) in [5, 5.41) is 2.03. The molecule has 0 aliphatic carbocycles. The monoisotopic (exact) mass is 387 g/mol. The van der Waals surface area contributed by atoms with Crippen molar-refractivity contribution in [1.82, 2.24) is 4.90 Å². The highest BCUT2D eigenvalue weighted by Crippen LogP contribution is 2.19. The van der Waals surface area contributed by atoms with Gasteiger partial charge >= 0.3 is 0 Å². The maximum atomic E-state index is 12.7. The van der Waals surface area contributed by atoms with Gasteiger partial charge in [-0.05, 0) is 13.3 Å². The highest BCUT2D eigenvalue weighted by atomic mass is 32.2. The van der Waals surface area contributed by atoms with Crippen LogP contribution in [0.1, 0.15) is 29.2 Å². The van der Waals surface area contributed by atoms with Crippen molar-refractivity contribution in [2.75, 3.05) is 25.1 Å². The molecule has 1 saturated heterocycles. The number of quaternary nitrogens is 1. The van der Waals surface area contributed by atoms with Crippen molar-refractivity contribution in [3.05, 3.63) is 71.3 Å². The van der Waals surface area contributed by atoms with Gasteiger partial charge in [0.15, 0.2) is 16.4 Å². The van der Waals surface area contributed by atoms with Gasteiger partial charge in [0.2, 0.25) is 0 Å². The van der Waals surface area contributed by atoms with Crippen LogP contribution in [0.2, 0.25) is 0 Å². The van der Waals surface area contributed by atoms with Crippen LogP contribution in [0.5, 0.6) is 0 Å². The third-order valence-corrected chi connectivity index (χ3v) is 7.02. The summed E-state index contributed by atoms with van der Waals surface area (Å²) >= 11 is 0. The van der Waals surface area contributed by atoms with E-state index in [1.54, 1.807) is 11.9 Å². The van der Waals surface area contributed by atoms with Gasteiger partial charge in [0.05, 0.1) is 11.5 Å². The number of nitrogens with two attached hydrogens (primary N) is 1. The van der Waals surface area contributed by atoms with Crippen molar-refractivity contribution in [1.29, 1.82) is 0 Å². The number of carbonyl (C=O) groups is 1. The standard InChI is InChI=1S/C21H26N2O3S/c1-16-8-10-18(11-9-16)21(17-6-4-3-5-7-17)22-14-20(24)23(2)19-12-13-27(25,26)15-19/h3-11,19,21-22H,12-15H2,1-2H3/p+1/t19-,21+/m0/s1. The number of rotatable bonds is 6. The first-order valence-corrected chi connectivity index (χ1v) is 11.1. The molecule has 2 aromatic rings. The minimum absolute atomic E-state index is 0.0245. The molecular weight excluding hydrogens is 360 g/mol. The minimum Gasteiger partial charge on any atom is -0.337 e. The summed E-state index contributed by atoms with van der Waals surface area (Å²) in [5.41, 5.74) is 3.48. The van der Waals surface area contributed by atoms with Crippen molar-refractivity contribution >= 4 is 15.7 Å². The van der Waals surface area contributed by atoms with E-state index in [1.807, 2.05) is 23.5 Å². The van der Waals surface area contributed by atoms with E-state index in [1.165, 1.54) is 5.56 Å². The van der Waals surface area contributed by atoms with Crippen molar-refractivity contribution < 1.29 is 18.5 Å². The minimum atomic E-state index is -3.00. The van der Waals surface area contributed by atoms with Gasteiger partial charge in [-0.3, -0.25) is 4.79 Å². The van der Waals surface area contributed by atoms with E-state index in [9.17, 15) is 13.2 Å². The Kier molecular flexibility index (Phi) is 5.97. The zero-order valence-electron chi connectivity index (χ0n) is 15.8. The molecule has 0 bridgehead atoms. The first-order valence-electron chi connectivity index (χ1n) is 9.26. The van der Waals surface area contributed by atoms with Crippen molar-refractivity contribution in [2.45, 2.75) is 25.4 Å². The molecule has 0 unspecified atom stereocenters. The number of carbonyl (C=O) groups excluding carboxylic acids is 1. The van der Waals surface area contributed by atoms with E-state index in [2.05, 4.69) is 43.3 Å². The number of sulfone groups is 1. The number of likely N-dealkylation sites (N-methyl/N-ethyl adjacent to an activating group) is 1. The van der Waals surface area contributed by atoms with Gasteiger partial charge in [0, 0.05) is 24.2 Å². The van der Waals surface area contributed by atoms with Crippen LogP contribution in [0.25, 0.3) is 0 Å². The molecule has 3 rings (SSSR count). The van der Waals surface area contributed by atoms with Gasteiger partial charge in [-0.15, -0.1) is 0 Å². The molecule has 0 radical (unpaired) electrons. The smallest absolute Gasteiger partial charge is 0.277 e. The molecule has 1 amide bonds. The molecule has 5 nitrogen and oxygen atoms in total. The predicted molar refractivity (Wildman–Crippen MR) is 106 cm³/mol. The van der Waals surface area contributed by atoms with E-state index in [0.717, 1.165) is 11.1 Å². The van der Waals surface area contributed by atoms with E-state index in [0.29, 0.717) is 6.42 Å². The fourth-order valence-electron chi connectivity index (χ4n) is 3.55. The van der Waals surface area contributed by atoms with Crippen LogP contribution >= 0.6 is 0 Å². The van der Waals surface area contributed by atoms with Crippen LogP contribution in [0, 0.1) is 6.92 Å². The molecule has 1 aliphatic heterocycles. The Bertz CT molecular complexity index is 879.